The lowest BCUT2D eigenvalue weighted by atomic mass is 10.1. The highest BCUT2D eigenvalue weighted by molar-refractivity contribution is 8.00. The number of hydrogen-bond acceptors (Lipinski definition) is 6. The molecule has 1 atom stereocenters. The minimum absolute atomic E-state index is 0.110. The summed E-state index contributed by atoms with van der Waals surface area (Å²) in [6, 6.07) is 9.46. The molecule has 2 aromatic rings. The van der Waals surface area contributed by atoms with Crippen LogP contribution in [-0.2, 0) is 14.3 Å². The number of benzene rings is 1. The monoisotopic (exact) mass is 389 g/mol. The van der Waals surface area contributed by atoms with E-state index in [1.807, 2.05) is 30.3 Å². The summed E-state index contributed by atoms with van der Waals surface area (Å²) in [6.07, 6.45) is -0.958. The van der Waals surface area contributed by atoms with Crippen molar-refractivity contribution in [1.29, 1.82) is 0 Å². The Morgan fingerprint density at radius 2 is 1.81 bits per heavy atom. The molecule has 7 heteroatoms. The molecule has 0 aliphatic rings. The van der Waals surface area contributed by atoms with Crippen LogP contribution in [0.3, 0.4) is 0 Å². The summed E-state index contributed by atoms with van der Waals surface area (Å²) in [5, 5.41) is 0. The normalized spacial score (nSPS) is 11.7. The molecule has 1 aromatic carbocycles. The van der Waals surface area contributed by atoms with Crippen molar-refractivity contribution in [3.05, 3.63) is 52.8 Å². The topological polar surface area (TPSA) is 85.5 Å². The van der Waals surface area contributed by atoms with Crippen LogP contribution in [0.15, 0.2) is 35.2 Å². The van der Waals surface area contributed by atoms with Crippen LogP contribution in [0.4, 0.5) is 0 Å². The second-order valence-corrected chi connectivity index (χ2v) is 6.99. The van der Waals surface area contributed by atoms with Crippen molar-refractivity contribution < 1.29 is 23.9 Å². The molecule has 27 heavy (non-hydrogen) atoms. The largest absolute Gasteiger partial charge is 0.462 e. The number of esters is 2. The Balaban J connectivity index is 2.01. The van der Waals surface area contributed by atoms with Gasteiger partial charge in [0.15, 0.2) is 6.10 Å². The predicted octanol–water partition coefficient (Wildman–Crippen LogP) is 3.71. The lowest BCUT2D eigenvalue weighted by Crippen LogP contribution is -2.26. The van der Waals surface area contributed by atoms with E-state index in [9.17, 15) is 14.4 Å². The third kappa shape index (κ3) is 5.23. The molecule has 0 saturated carbocycles. The average Bonchev–Trinajstić information content (AvgIpc) is 2.94. The van der Waals surface area contributed by atoms with Crippen molar-refractivity contribution in [2.45, 2.75) is 38.7 Å². The second kappa shape index (κ2) is 9.41. The maximum Gasteiger partial charge on any atom is 0.340 e. The Kier molecular flexibility index (Phi) is 7.24. The number of ketones is 1. The van der Waals surface area contributed by atoms with Gasteiger partial charge in [0.2, 0.25) is 5.78 Å². The quantitative estimate of drug-likeness (QED) is 0.421. The zero-order chi connectivity index (χ0) is 20.0. The lowest BCUT2D eigenvalue weighted by molar-refractivity contribution is -0.143. The van der Waals surface area contributed by atoms with Gasteiger partial charge in [-0.3, -0.25) is 9.59 Å². The van der Waals surface area contributed by atoms with Gasteiger partial charge in [-0.05, 0) is 45.4 Å². The van der Waals surface area contributed by atoms with E-state index in [0.29, 0.717) is 16.8 Å². The summed E-state index contributed by atoms with van der Waals surface area (Å²) < 4.78 is 10.3. The summed E-state index contributed by atoms with van der Waals surface area (Å²) >= 11 is 1.34. The molecule has 0 aliphatic carbocycles. The highest BCUT2D eigenvalue weighted by atomic mass is 32.2. The van der Waals surface area contributed by atoms with Crippen LogP contribution < -0.4 is 0 Å². The molecule has 1 heterocycles. The molecule has 0 unspecified atom stereocenters. The van der Waals surface area contributed by atoms with Gasteiger partial charge in [0.1, 0.15) is 0 Å². The Labute approximate surface area is 162 Å². The molecule has 0 aliphatic heterocycles. The number of aryl methyl sites for hydroxylation is 1. The van der Waals surface area contributed by atoms with E-state index >= 15 is 0 Å². The lowest BCUT2D eigenvalue weighted by Gasteiger charge is -2.12. The fourth-order valence-corrected chi connectivity index (χ4v) is 3.35. The smallest absolute Gasteiger partial charge is 0.340 e. The van der Waals surface area contributed by atoms with Crippen molar-refractivity contribution >= 4 is 29.5 Å². The zero-order valence-electron chi connectivity index (χ0n) is 15.8. The van der Waals surface area contributed by atoms with Gasteiger partial charge in [0, 0.05) is 10.6 Å². The van der Waals surface area contributed by atoms with Gasteiger partial charge in [-0.25, -0.2) is 4.79 Å². The van der Waals surface area contributed by atoms with Crippen LogP contribution >= 0.6 is 11.8 Å². The van der Waals surface area contributed by atoms with E-state index in [1.165, 1.54) is 18.7 Å². The number of nitrogens with one attached hydrogen (secondary N) is 1. The van der Waals surface area contributed by atoms with Crippen molar-refractivity contribution in [3.8, 4) is 0 Å². The third-order valence-corrected chi connectivity index (χ3v) is 4.93. The van der Waals surface area contributed by atoms with Gasteiger partial charge in [-0.2, -0.15) is 0 Å². The van der Waals surface area contributed by atoms with Crippen LogP contribution in [0.5, 0.6) is 0 Å². The maximum atomic E-state index is 12.7. The summed E-state index contributed by atoms with van der Waals surface area (Å²) in [7, 11) is 0. The molecule has 144 valence electrons. The number of aromatic nitrogens is 1. The number of hydrogen-bond donors (Lipinski definition) is 1. The van der Waals surface area contributed by atoms with Gasteiger partial charge >= 0.3 is 11.9 Å². The molecule has 0 saturated heterocycles. The van der Waals surface area contributed by atoms with Gasteiger partial charge in [-0.1, -0.05) is 18.2 Å². The molecule has 2 rings (SSSR count). The molecule has 1 aromatic heterocycles. The zero-order valence-corrected chi connectivity index (χ0v) is 16.6. The number of aromatic amines is 1. The van der Waals surface area contributed by atoms with Gasteiger partial charge in [0.25, 0.3) is 0 Å². The Bertz CT molecular complexity index is 828. The van der Waals surface area contributed by atoms with E-state index in [-0.39, 0.29) is 23.8 Å². The molecule has 1 N–H and O–H groups in total. The van der Waals surface area contributed by atoms with E-state index in [0.717, 1.165) is 4.90 Å². The molecule has 0 radical (unpaired) electrons. The molecule has 0 fully saturated rings. The first-order chi connectivity index (χ1) is 12.8. The van der Waals surface area contributed by atoms with E-state index < -0.39 is 18.0 Å². The molecule has 0 amide bonds. The fraction of sp³-hybridized carbons (Fsp3) is 0.350. The summed E-state index contributed by atoms with van der Waals surface area (Å²) in [4.78, 5) is 40.6. The molecule has 6 nitrogen and oxygen atoms in total. The standard InChI is InChI=1S/C20H23NO5S/c1-5-25-20(24)17-12(2)18(21-13(17)3)19(23)14(4)26-16(22)11-27-15-9-7-6-8-10-15/h6-10,14,21H,5,11H2,1-4H3/t14-/m0/s1. The number of Topliss-reactive ketones (excluding diaryl/α,β-unsaturated/α-hetero) is 1. The highest BCUT2D eigenvalue weighted by Gasteiger charge is 2.27. The first-order valence-corrected chi connectivity index (χ1v) is 9.61. The first kappa shape index (κ1) is 20.8. The van der Waals surface area contributed by atoms with Crippen LogP contribution in [0.2, 0.25) is 0 Å². The van der Waals surface area contributed by atoms with Gasteiger partial charge in [-0.15, -0.1) is 11.8 Å². The Morgan fingerprint density at radius 1 is 1.15 bits per heavy atom. The first-order valence-electron chi connectivity index (χ1n) is 8.63. The predicted molar refractivity (Wildman–Crippen MR) is 103 cm³/mol. The third-order valence-electron chi connectivity index (χ3n) is 3.94. The minimum atomic E-state index is -0.958. The van der Waals surface area contributed by atoms with E-state index in [1.54, 1.807) is 20.8 Å². The number of carbonyl (C=O) groups excluding carboxylic acids is 3. The highest BCUT2D eigenvalue weighted by Crippen LogP contribution is 2.22. The van der Waals surface area contributed by atoms with Crippen molar-refractivity contribution in [3.63, 3.8) is 0 Å². The molecule has 0 spiro atoms. The number of rotatable bonds is 8. The summed E-state index contributed by atoms with van der Waals surface area (Å²) in [5.74, 6) is -1.23. The SMILES string of the molecule is CCOC(=O)c1c(C)[nH]c(C(=O)[C@H](C)OC(=O)CSc2ccccc2)c1C. The summed E-state index contributed by atoms with van der Waals surface area (Å²) in [5.41, 5.74) is 1.65. The number of ether oxygens (including phenoxy) is 2. The molecular formula is C20H23NO5S. The maximum absolute atomic E-state index is 12.7. The van der Waals surface area contributed by atoms with Gasteiger partial charge in [0.05, 0.1) is 23.6 Å². The number of thioether (sulfide) groups is 1. The number of H-pyrrole nitrogens is 1. The van der Waals surface area contributed by atoms with Crippen LogP contribution in [0.25, 0.3) is 0 Å². The number of carbonyl (C=O) groups is 3. The minimum Gasteiger partial charge on any atom is -0.462 e. The van der Waals surface area contributed by atoms with Crippen molar-refractivity contribution in [1.82, 2.24) is 4.98 Å². The van der Waals surface area contributed by atoms with E-state index in [2.05, 4.69) is 4.98 Å². The fourth-order valence-electron chi connectivity index (χ4n) is 2.65. The second-order valence-electron chi connectivity index (χ2n) is 5.94. The molecular weight excluding hydrogens is 366 g/mol. The van der Waals surface area contributed by atoms with Gasteiger partial charge < -0.3 is 14.5 Å². The molecule has 0 bridgehead atoms. The van der Waals surface area contributed by atoms with Crippen LogP contribution in [0, 0.1) is 13.8 Å². The van der Waals surface area contributed by atoms with Crippen molar-refractivity contribution in [2.24, 2.45) is 0 Å². The summed E-state index contributed by atoms with van der Waals surface area (Å²) in [6.45, 7) is 6.86. The average molecular weight is 389 g/mol. The van der Waals surface area contributed by atoms with Crippen molar-refractivity contribution in [2.75, 3.05) is 12.4 Å². The Hall–Kier alpha value is -2.54. The Morgan fingerprint density at radius 3 is 2.44 bits per heavy atom. The van der Waals surface area contributed by atoms with E-state index in [4.69, 9.17) is 9.47 Å². The van der Waals surface area contributed by atoms with Crippen LogP contribution in [0.1, 0.15) is 46.0 Å². The van der Waals surface area contributed by atoms with Crippen LogP contribution in [-0.4, -0.2) is 41.2 Å².